The Labute approximate surface area is 333 Å². The minimum atomic E-state index is 0.0570. The third kappa shape index (κ3) is 4.59. The largest absolute Gasteiger partial charge is 0.377 e. The van der Waals surface area contributed by atoms with E-state index >= 15 is 0 Å². The van der Waals surface area contributed by atoms with E-state index in [2.05, 4.69) is 186 Å². The van der Waals surface area contributed by atoms with Crippen LogP contribution in [-0.2, 0) is 0 Å². The van der Waals surface area contributed by atoms with Crippen molar-refractivity contribution in [1.29, 1.82) is 0 Å². The van der Waals surface area contributed by atoms with Gasteiger partial charge in [0.2, 0.25) is 0 Å². The number of benzene rings is 7. The van der Waals surface area contributed by atoms with Gasteiger partial charge in [-0.15, -0.1) is 0 Å². The smallest absolute Gasteiger partial charge is 0.329 e. The zero-order chi connectivity index (χ0) is 38.3. The van der Waals surface area contributed by atoms with Gasteiger partial charge in [-0.2, -0.15) is 0 Å². The van der Waals surface area contributed by atoms with E-state index in [1.54, 1.807) is 0 Å². The third-order valence-corrected chi connectivity index (χ3v) is 13.5. The van der Waals surface area contributed by atoms with Gasteiger partial charge in [-0.1, -0.05) is 140 Å². The van der Waals surface area contributed by atoms with E-state index in [0.29, 0.717) is 23.7 Å². The van der Waals surface area contributed by atoms with Crippen molar-refractivity contribution in [1.82, 2.24) is 0 Å². The number of hydrogen-bond acceptors (Lipinski definition) is 2. The normalized spacial score (nSPS) is 14.2. The Morgan fingerprint density at radius 3 is 1.68 bits per heavy atom. The van der Waals surface area contributed by atoms with Crippen molar-refractivity contribution in [2.45, 2.75) is 79.1 Å². The molecule has 272 valence electrons. The molecule has 0 atom stereocenters. The Balaban J connectivity index is 1.31. The van der Waals surface area contributed by atoms with E-state index in [4.69, 9.17) is 0 Å². The highest BCUT2D eigenvalue weighted by Crippen LogP contribution is 2.51. The Bertz CT molecular complexity index is 2790. The molecule has 0 aromatic heterocycles. The lowest BCUT2D eigenvalue weighted by molar-refractivity contribution is 0.866. The van der Waals surface area contributed by atoms with Crippen LogP contribution < -0.4 is 37.0 Å². The number of anilines is 5. The molecule has 0 unspecified atom stereocenters. The summed E-state index contributed by atoms with van der Waals surface area (Å²) in [6.07, 6.45) is 0. The van der Waals surface area contributed by atoms with Crippen LogP contribution in [0, 0.1) is 0 Å². The molecular weight excluding hydrogens is 674 g/mol. The van der Waals surface area contributed by atoms with Gasteiger partial charge in [0.15, 0.2) is 0 Å². The maximum atomic E-state index is 2.81. The highest BCUT2D eigenvalue weighted by molar-refractivity contribution is 7.03. The summed E-state index contributed by atoms with van der Waals surface area (Å²) in [5.74, 6) is 1.73. The molecule has 0 amide bonds. The molecule has 7 aromatic carbocycles. The quantitative estimate of drug-likeness (QED) is 0.163. The predicted octanol–water partition coefficient (Wildman–Crippen LogP) is 10.9. The molecule has 0 spiro atoms. The van der Waals surface area contributed by atoms with Gasteiger partial charge in [-0.25, -0.2) is 0 Å². The summed E-state index contributed by atoms with van der Waals surface area (Å²) < 4.78 is 0. The zero-order valence-electron chi connectivity index (χ0n) is 33.9. The van der Waals surface area contributed by atoms with Gasteiger partial charge < -0.3 is 9.71 Å². The van der Waals surface area contributed by atoms with Gasteiger partial charge in [-0.05, 0) is 132 Å². The van der Waals surface area contributed by atoms with Crippen LogP contribution in [0.3, 0.4) is 0 Å². The first kappa shape index (κ1) is 33.8. The highest BCUT2D eigenvalue weighted by Gasteiger charge is 2.52. The van der Waals surface area contributed by atoms with Crippen LogP contribution in [0.2, 0.25) is 0 Å². The highest BCUT2D eigenvalue weighted by atomic mass is 15.2. The summed E-state index contributed by atoms with van der Waals surface area (Å²) in [5, 5.41) is 2.61. The average Bonchev–Trinajstić information content (AvgIpc) is 3.20. The molecule has 0 N–H and O–H groups in total. The summed E-state index contributed by atoms with van der Waals surface area (Å²) in [5.41, 5.74) is 24.8. The van der Waals surface area contributed by atoms with Crippen LogP contribution in [0.1, 0.15) is 101 Å². The molecule has 56 heavy (non-hydrogen) atoms. The van der Waals surface area contributed by atoms with Crippen LogP contribution in [0.25, 0.3) is 33.0 Å². The van der Waals surface area contributed by atoms with Gasteiger partial charge in [0.1, 0.15) is 0 Å². The number of hydrogen-bond donors (Lipinski definition) is 0. The summed E-state index contributed by atoms with van der Waals surface area (Å²) in [6.45, 7) is 18.8. The SMILES string of the molecule is CC(C)c1ccc(N2c3ccc(C(C)C)cc3B3c4cc(C(C)C)cc5c4N4B(c6cc7ccccc7cc6-5)c5cc(C(C)C)ccc5-c5ccc2c3c54)cc1. The molecule has 4 aliphatic rings. The Hall–Kier alpha value is -5.47. The molecule has 11 rings (SSSR count). The van der Waals surface area contributed by atoms with Crippen LogP contribution in [0.5, 0.6) is 0 Å². The Morgan fingerprint density at radius 2 is 0.982 bits per heavy atom. The molecule has 4 heterocycles. The molecule has 4 heteroatoms. The second-order valence-electron chi connectivity index (χ2n) is 18.1. The summed E-state index contributed by atoms with van der Waals surface area (Å²) in [6, 6.07) is 48.1. The van der Waals surface area contributed by atoms with Crippen molar-refractivity contribution in [3.8, 4) is 22.3 Å². The molecule has 0 saturated carbocycles. The lowest BCUT2D eigenvalue weighted by Gasteiger charge is -2.52. The van der Waals surface area contributed by atoms with Crippen molar-refractivity contribution in [3.05, 3.63) is 144 Å². The van der Waals surface area contributed by atoms with Crippen molar-refractivity contribution in [3.63, 3.8) is 0 Å². The fourth-order valence-corrected chi connectivity index (χ4v) is 10.5. The average molecular weight is 723 g/mol. The van der Waals surface area contributed by atoms with Crippen molar-refractivity contribution >= 4 is 80.1 Å². The van der Waals surface area contributed by atoms with Gasteiger partial charge in [-0.3, -0.25) is 0 Å². The van der Waals surface area contributed by atoms with Crippen molar-refractivity contribution in [2.24, 2.45) is 0 Å². The first-order valence-electron chi connectivity index (χ1n) is 20.9. The molecule has 0 bridgehead atoms. The molecule has 4 aliphatic heterocycles. The summed E-state index contributed by atoms with van der Waals surface area (Å²) in [4.78, 5) is 5.38. The zero-order valence-corrected chi connectivity index (χ0v) is 33.9. The maximum absolute atomic E-state index is 2.81. The topological polar surface area (TPSA) is 6.48 Å². The van der Waals surface area contributed by atoms with Crippen LogP contribution in [0.15, 0.2) is 121 Å². The van der Waals surface area contributed by atoms with Gasteiger partial charge >= 0.3 is 6.85 Å². The van der Waals surface area contributed by atoms with E-state index in [0.717, 1.165) is 0 Å². The van der Waals surface area contributed by atoms with Gasteiger partial charge in [0.05, 0.1) is 0 Å². The third-order valence-electron chi connectivity index (χ3n) is 13.5. The molecular formula is C52H48B2N2. The molecule has 7 aromatic rings. The standard InChI is InChI=1S/C52H48B2N2/c1-29(2)33-13-17-39(18-14-33)55-48-21-16-35(31(5)6)26-46(48)53-47-28-38(32(7)8)24-43-42-23-36-11-9-10-12-37(36)27-45(42)54-44-25-34(30(3)4)15-19-40(44)41-20-22-49(55)50(53)52(41)56(54)51(43)47/h9-32H,1-8H3. The van der Waals surface area contributed by atoms with Crippen LogP contribution >= 0.6 is 0 Å². The first-order chi connectivity index (χ1) is 27.1. The lowest BCUT2D eigenvalue weighted by Crippen LogP contribution is -2.69. The maximum Gasteiger partial charge on any atom is 0.329 e. The van der Waals surface area contributed by atoms with Gasteiger partial charge in [0, 0.05) is 39.6 Å². The summed E-state index contributed by atoms with van der Waals surface area (Å²) >= 11 is 0. The van der Waals surface area contributed by atoms with Crippen molar-refractivity contribution in [2.75, 3.05) is 9.71 Å². The molecule has 0 radical (unpaired) electrons. The molecule has 0 saturated heterocycles. The number of fused-ring (bicyclic) bond motifs is 10. The van der Waals surface area contributed by atoms with E-state index in [1.165, 1.54) is 111 Å². The Kier molecular flexibility index (Phi) is 7.26. The Morgan fingerprint density at radius 1 is 0.411 bits per heavy atom. The molecule has 2 nitrogen and oxygen atoms in total. The van der Waals surface area contributed by atoms with Crippen LogP contribution in [-0.4, -0.2) is 13.6 Å². The summed E-state index contributed by atoms with van der Waals surface area (Å²) in [7, 11) is 0. The first-order valence-corrected chi connectivity index (χ1v) is 20.9. The van der Waals surface area contributed by atoms with E-state index in [-0.39, 0.29) is 13.6 Å². The fraction of sp³-hybridized carbons (Fsp3) is 0.231. The predicted molar refractivity (Wildman–Crippen MR) is 244 cm³/mol. The monoisotopic (exact) mass is 722 g/mol. The second-order valence-corrected chi connectivity index (χ2v) is 18.1. The number of nitrogens with zero attached hydrogens (tertiary/aromatic N) is 2. The number of rotatable bonds is 5. The molecule has 0 aliphatic carbocycles. The lowest BCUT2D eigenvalue weighted by atomic mass is 9.30. The van der Waals surface area contributed by atoms with E-state index in [1.807, 2.05) is 0 Å². The van der Waals surface area contributed by atoms with Crippen LogP contribution in [0.4, 0.5) is 28.4 Å². The second kappa shape index (κ2) is 12.0. The fourth-order valence-electron chi connectivity index (χ4n) is 10.5. The van der Waals surface area contributed by atoms with Crippen molar-refractivity contribution < 1.29 is 0 Å². The van der Waals surface area contributed by atoms with E-state index in [9.17, 15) is 0 Å². The minimum absolute atomic E-state index is 0.0570. The molecule has 0 fully saturated rings. The van der Waals surface area contributed by atoms with E-state index < -0.39 is 0 Å². The van der Waals surface area contributed by atoms with Gasteiger partial charge in [0.25, 0.3) is 6.71 Å². The minimum Gasteiger partial charge on any atom is -0.377 e.